The zero-order chi connectivity index (χ0) is 16.9. The van der Waals surface area contributed by atoms with Crippen LogP contribution in [0.3, 0.4) is 0 Å². The van der Waals surface area contributed by atoms with Crippen LogP contribution in [0.25, 0.3) is 5.69 Å². The van der Waals surface area contributed by atoms with Crippen molar-refractivity contribution in [3.05, 3.63) is 71.9 Å². The van der Waals surface area contributed by atoms with Crippen molar-refractivity contribution in [2.45, 2.75) is 20.0 Å². The molecule has 2 heterocycles. The van der Waals surface area contributed by atoms with Crippen LogP contribution in [0.1, 0.15) is 17.1 Å². The molecule has 2 aromatic heterocycles. The Labute approximate surface area is 143 Å². The van der Waals surface area contributed by atoms with Crippen LogP contribution in [0, 0.1) is 6.92 Å². The third-order valence-electron chi connectivity index (χ3n) is 3.94. The summed E-state index contributed by atoms with van der Waals surface area (Å²) in [4.78, 5) is 10.9. The minimum Gasteiger partial charge on any atom is -0.362 e. The number of aryl methyl sites for hydroxylation is 1. The highest BCUT2D eigenvalue weighted by Crippen LogP contribution is 2.16. The van der Waals surface area contributed by atoms with Crippen molar-refractivity contribution in [3.8, 4) is 5.69 Å². The maximum atomic E-state index is 4.47. The molecule has 5 heteroatoms. The number of nitrogens with one attached hydrogen (secondary N) is 1. The summed E-state index contributed by atoms with van der Waals surface area (Å²) in [5.74, 6) is 1.99. The van der Waals surface area contributed by atoms with E-state index in [2.05, 4.69) is 38.1 Å². The number of hydrogen-bond donors (Lipinski definition) is 1. The quantitative estimate of drug-likeness (QED) is 0.758. The maximum absolute atomic E-state index is 4.47. The average Bonchev–Trinajstić information content (AvgIpc) is 2.96. The van der Waals surface area contributed by atoms with Crippen LogP contribution in [0.2, 0.25) is 0 Å². The monoisotopic (exact) mass is 321 g/mol. The molecule has 0 bridgehead atoms. The lowest BCUT2D eigenvalue weighted by molar-refractivity contribution is 0.665. The lowest BCUT2D eigenvalue weighted by Gasteiger charge is -2.16. The van der Waals surface area contributed by atoms with Crippen molar-refractivity contribution in [3.63, 3.8) is 0 Å². The Bertz CT molecular complexity index is 793. The van der Waals surface area contributed by atoms with Gasteiger partial charge in [-0.2, -0.15) is 0 Å². The van der Waals surface area contributed by atoms with Crippen molar-refractivity contribution >= 4 is 5.82 Å². The molecule has 0 amide bonds. The molecule has 124 valence electrons. The van der Waals surface area contributed by atoms with Gasteiger partial charge in [0.15, 0.2) is 0 Å². The minimum absolute atomic E-state index is 0.748. The first-order chi connectivity index (χ1) is 11.7. The minimum atomic E-state index is 0.748. The summed E-state index contributed by atoms with van der Waals surface area (Å²) in [5, 5.41) is 3.51. The molecular formula is C19H23N5. The van der Waals surface area contributed by atoms with E-state index in [1.165, 1.54) is 5.56 Å². The molecule has 0 fully saturated rings. The third-order valence-corrected chi connectivity index (χ3v) is 3.94. The van der Waals surface area contributed by atoms with Crippen molar-refractivity contribution < 1.29 is 0 Å². The summed E-state index contributed by atoms with van der Waals surface area (Å²) in [7, 11) is 4.03. The second-order valence-electron chi connectivity index (χ2n) is 5.95. The number of para-hydroxylation sites is 1. The molecule has 1 aromatic carbocycles. The van der Waals surface area contributed by atoms with E-state index in [0.717, 1.165) is 36.1 Å². The topological polar surface area (TPSA) is 46.0 Å². The first-order valence-corrected chi connectivity index (χ1v) is 8.07. The fraction of sp³-hybridized carbons (Fsp3) is 0.263. The van der Waals surface area contributed by atoms with Gasteiger partial charge in [-0.15, -0.1) is 0 Å². The third kappa shape index (κ3) is 3.46. The molecule has 0 spiro atoms. The van der Waals surface area contributed by atoms with Gasteiger partial charge in [-0.3, -0.25) is 4.57 Å². The van der Waals surface area contributed by atoms with Gasteiger partial charge in [-0.05, 0) is 25.1 Å². The molecule has 0 aliphatic rings. The zero-order valence-electron chi connectivity index (χ0n) is 14.4. The number of benzene rings is 1. The predicted molar refractivity (Wildman–Crippen MR) is 97.4 cm³/mol. The molecular weight excluding hydrogens is 298 g/mol. The Balaban J connectivity index is 1.73. The Hall–Kier alpha value is -2.66. The lowest BCUT2D eigenvalue weighted by atomic mass is 10.2. The first-order valence-electron chi connectivity index (χ1n) is 8.07. The largest absolute Gasteiger partial charge is 0.362 e. The smallest absolute Gasteiger partial charge is 0.132 e. The van der Waals surface area contributed by atoms with Gasteiger partial charge in [-0.25, -0.2) is 9.97 Å². The molecule has 0 saturated heterocycles. The summed E-state index contributed by atoms with van der Waals surface area (Å²) in [6.07, 6.45) is 3.76. The van der Waals surface area contributed by atoms with E-state index >= 15 is 0 Å². The number of imidazole rings is 1. The molecule has 24 heavy (non-hydrogen) atoms. The van der Waals surface area contributed by atoms with Crippen LogP contribution >= 0.6 is 0 Å². The summed E-state index contributed by atoms with van der Waals surface area (Å²) < 4.78 is 2.18. The van der Waals surface area contributed by atoms with Crippen LogP contribution in [0.4, 0.5) is 5.82 Å². The van der Waals surface area contributed by atoms with Crippen LogP contribution in [0.5, 0.6) is 0 Å². The summed E-state index contributed by atoms with van der Waals surface area (Å²) in [6, 6.07) is 14.4. The molecule has 0 aliphatic heterocycles. The van der Waals surface area contributed by atoms with Gasteiger partial charge < -0.3 is 10.2 Å². The standard InChI is InChI=1S/C19H23N5/c1-15-22-14-18(24(15)17-9-5-4-6-10-17)13-20-12-16-8-7-11-21-19(16)23(2)3/h4-11,14,20H,12-13H2,1-3H3. The van der Waals surface area contributed by atoms with Crippen molar-refractivity contribution in [1.29, 1.82) is 0 Å². The fourth-order valence-corrected chi connectivity index (χ4v) is 2.84. The average molecular weight is 321 g/mol. The normalized spacial score (nSPS) is 10.8. The van der Waals surface area contributed by atoms with E-state index in [1.54, 1.807) is 0 Å². The second-order valence-corrected chi connectivity index (χ2v) is 5.95. The van der Waals surface area contributed by atoms with Crippen molar-refractivity contribution in [2.75, 3.05) is 19.0 Å². The van der Waals surface area contributed by atoms with E-state index in [0.29, 0.717) is 0 Å². The highest BCUT2D eigenvalue weighted by molar-refractivity contribution is 5.45. The van der Waals surface area contributed by atoms with E-state index in [4.69, 9.17) is 0 Å². The molecule has 0 radical (unpaired) electrons. The van der Waals surface area contributed by atoms with Crippen LogP contribution in [-0.4, -0.2) is 28.6 Å². The molecule has 0 atom stereocenters. The highest BCUT2D eigenvalue weighted by atomic mass is 15.1. The van der Waals surface area contributed by atoms with Gasteiger partial charge in [0, 0.05) is 44.6 Å². The second kappa shape index (κ2) is 7.27. The summed E-state index contributed by atoms with van der Waals surface area (Å²) in [6.45, 7) is 3.54. The zero-order valence-corrected chi connectivity index (χ0v) is 14.4. The Kier molecular flexibility index (Phi) is 4.91. The van der Waals surface area contributed by atoms with Crippen molar-refractivity contribution in [1.82, 2.24) is 19.9 Å². The van der Waals surface area contributed by atoms with Crippen LogP contribution in [-0.2, 0) is 13.1 Å². The van der Waals surface area contributed by atoms with E-state index in [9.17, 15) is 0 Å². The molecule has 0 saturated carbocycles. The molecule has 0 unspecified atom stereocenters. The fourth-order valence-electron chi connectivity index (χ4n) is 2.84. The Morgan fingerprint density at radius 1 is 1.00 bits per heavy atom. The van der Waals surface area contributed by atoms with Crippen molar-refractivity contribution in [2.24, 2.45) is 0 Å². The highest BCUT2D eigenvalue weighted by Gasteiger charge is 2.09. The number of nitrogens with zero attached hydrogens (tertiary/aromatic N) is 4. The first kappa shape index (κ1) is 16.2. The van der Waals surface area contributed by atoms with Crippen LogP contribution in [0.15, 0.2) is 54.9 Å². The van der Waals surface area contributed by atoms with Gasteiger partial charge in [0.25, 0.3) is 0 Å². The Morgan fingerprint density at radius 2 is 1.79 bits per heavy atom. The lowest BCUT2D eigenvalue weighted by Crippen LogP contribution is -2.19. The van der Waals surface area contributed by atoms with E-state index < -0.39 is 0 Å². The van der Waals surface area contributed by atoms with Gasteiger partial charge in [0.05, 0.1) is 11.9 Å². The summed E-state index contributed by atoms with van der Waals surface area (Å²) >= 11 is 0. The molecule has 3 rings (SSSR count). The number of anilines is 1. The van der Waals surface area contributed by atoms with Crippen LogP contribution < -0.4 is 10.2 Å². The maximum Gasteiger partial charge on any atom is 0.132 e. The number of pyridine rings is 1. The number of rotatable bonds is 6. The van der Waals surface area contributed by atoms with E-state index in [-0.39, 0.29) is 0 Å². The van der Waals surface area contributed by atoms with Gasteiger partial charge >= 0.3 is 0 Å². The molecule has 3 aromatic rings. The van der Waals surface area contributed by atoms with Gasteiger partial charge in [0.2, 0.25) is 0 Å². The summed E-state index contributed by atoms with van der Waals surface area (Å²) in [5.41, 5.74) is 3.47. The molecule has 0 aliphatic carbocycles. The molecule has 5 nitrogen and oxygen atoms in total. The SMILES string of the molecule is Cc1ncc(CNCc2cccnc2N(C)C)n1-c1ccccc1. The van der Waals surface area contributed by atoms with Gasteiger partial charge in [-0.1, -0.05) is 24.3 Å². The number of aromatic nitrogens is 3. The van der Waals surface area contributed by atoms with E-state index in [1.807, 2.05) is 62.6 Å². The Morgan fingerprint density at radius 3 is 2.54 bits per heavy atom. The molecule has 1 N–H and O–H groups in total. The van der Waals surface area contributed by atoms with Gasteiger partial charge in [0.1, 0.15) is 11.6 Å². The predicted octanol–water partition coefficient (Wildman–Crippen LogP) is 2.93. The number of hydrogen-bond acceptors (Lipinski definition) is 4.